The quantitative estimate of drug-likeness (QED) is 0.930. The molecule has 6 nitrogen and oxygen atoms in total. The van der Waals surface area contributed by atoms with E-state index in [0.29, 0.717) is 13.1 Å². The first-order chi connectivity index (χ1) is 12.2. The zero-order chi connectivity index (χ0) is 17.6. The fraction of sp³-hybridized carbons (Fsp3) is 0.368. The average Bonchev–Trinajstić information content (AvgIpc) is 2.68. The molecule has 3 rings (SSSR count). The number of para-hydroxylation sites is 2. The summed E-state index contributed by atoms with van der Waals surface area (Å²) in [6.45, 7) is 4.94. The van der Waals surface area contributed by atoms with Crippen molar-refractivity contribution in [1.29, 1.82) is 0 Å². The topological polar surface area (TPSA) is 57.7 Å². The van der Waals surface area contributed by atoms with Gasteiger partial charge in [0.05, 0.1) is 18.8 Å². The molecule has 0 aliphatic carbocycles. The molecule has 0 radical (unpaired) electrons. The zero-order valence-corrected chi connectivity index (χ0v) is 14.7. The van der Waals surface area contributed by atoms with E-state index >= 15 is 0 Å². The van der Waals surface area contributed by atoms with Crippen LogP contribution >= 0.6 is 0 Å². The van der Waals surface area contributed by atoms with E-state index in [1.54, 1.807) is 19.5 Å². The number of ether oxygens (including phenoxy) is 1. The maximum Gasteiger partial charge on any atom is 0.317 e. The van der Waals surface area contributed by atoms with E-state index < -0.39 is 0 Å². The Labute approximate surface area is 148 Å². The lowest BCUT2D eigenvalue weighted by Crippen LogP contribution is -2.52. The highest BCUT2D eigenvalue weighted by molar-refractivity contribution is 5.75. The van der Waals surface area contributed by atoms with Gasteiger partial charge < -0.3 is 19.9 Å². The molecule has 1 aliphatic heterocycles. The Hall–Kier alpha value is -2.76. The van der Waals surface area contributed by atoms with Gasteiger partial charge in [0.15, 0.2) is 0 Å². The van der Waals surface area contributed by atoms with Crippen molar-refractivity contribution in [2.45, 2.75) is 13.0 Å². The van der Waals surface area contributed by atoms with E-state index in [9.17, 15) is 4.79 Å². The van der Waals surface area contributed by atoms with Crippen LogP contribution < -0.4 is 15.0 Å². The average molecular weight is 340 g/mol. The predicted octanol–water partition coefficient (Wildman–Crippen LogP) is 2.68. The van der Waals surface area contributed by atoms with Gasteiger partial charge in [0.25, 0.3) is 0 Å². The smallest absolute Gasteiger partial charge is 0.317 e. The third kappa shape index (κ3) is 4.02. The normalized spacial score (nSPS) is 15.6. The summed E-state index contributed by atoms with van der Waals surface area (Å²) >= 11 is 0. The third-order valence-corrected chi connectivity index (χ3v) is 4.54. The number of carbonyl (C=O) groups is 1. The minimum Gasteiger partial charge on any atom is -0.495 e. The number of rotatable bonds is 4. The minimum atomic E-state index is -0.0391. The molecule has 1 aromatic carbocycles. The van der Waals surface area contributed by atoms with Crippen LogP contribution in [-0.4, -0.2) is 49.2 Å². The van der Waals surface area contributed by atoms with Crippen LogP contribution in [0.15, 0.2) is 48.8 Å². The molecule has 1 aliphatic rings. The van der Waals surface area contributed by atoms with Crippen molar-refractivity contribution in [3.63, 3.8) is 0 Å². The highest BCUT2D eigenvalue weighted by Crippen LogP contribution is 2.28. The van der Waals surface area contributed by atoms with E-state index in [2.05, 4.69) is 21.3 Å². The number of piperazine rings is 1. The van der Waals surface area contributed by atoms with Crippen molar-refractivity contribution in [3.8, 4) is 5.75 Å². The Balaban J connectivity index is 1.56. The van der Waals surface area contributed by atoms with Crippen molar-refractivity contribution in [1.82, 2.24) is 15.2 Å². The summed E-state index contributed by atoms with van der Waals surface area (Å²) in [4.78, 5) is 20.6. The molecule has 132 valence electrons. The van der Waals surface area contributed by atoms with Crippen LogP contribution in [0.1, 0.15) is 18.5 Å². The molecule has 2 heterocycles. The standard InChI is InChI=1S/C19H24N4O2/c1-15(16-7-9-20-10-8-16)21-19(24)23-13-11-22(12-14-23)17-5-3-4-6-18(17)25-2/h3-10,15H,11-14H2,1-2H3,(H,21,24)/t15-/m1/s1. The summed E-state index contributed by atoms with van der Waals surface area (Å²) in [6, 6.07) is 11.8. The number of anilines is 1. The summed E-state index contributed by atoms with van der Waals surface area (Å²) in [5, 5.41) is 3.06. The molecule has 0 bridgehead atoms. The van der Waals surface area contributed by atoms with Gasteiger partial charge in [-0.1, -0.05) is 12.1 Å². The maximum absolute atomic E-state index is 12.5. The first-order valence-electron chi connectivity index (χ1n) is 8.52. The second-order valence-electron chi connectivity index (χ2n) is 6.10. The van der Waals surface area contributed by atoms with Gasteiger partial charge in [-0.05, 0) is 36.8 Å². The molecule has 1 atom stereocenters. The lowest BCUT2D eigenvalue weighted by atomic mass is 10.1. The molecule has 0 saturated carbocycles. The third-order valence-electron chi connectivity index (χ3n) is 4.54. The molecule has 0 unspecified atom stereocenters. The number of nitrogens with zero attached hydrogens (tertiary/aromatic N) is 3. The number of methoxy groups -OCH3 is 1. The molecule has 2 aromatic rings. The molecular formula is C19H24N4O2. The van der Waals surface area contributed by atoms with Crippen molar-refractivity contribution >= 4 is 11.7 Å². The molecule has 1 N–H and O–H groups in total. The number of amides is 2. The van der Waals surface area contributed by atoms with Gasteiger partial charge in [-0.2, -0.15) is 0 Å². The van der Waals surface area contributed by atoms with E-state index in [1.165, 1.54) is 0 Å². The summed E-state index contributed by atoms with van der Waals surface area (Å²) in [7, 11) is 1.68. The van der Waals surface area contributed by atoms with E-state index in [0.717, 1.165) is 30.1 Å². The van der Waals surface area contributed by atoms with Crippen molar-refractivity contribution < 1.29 is 9.53 Å². The van der Waals surface area contributed by atoms with Gasteiger partial charge in [0.2, 0.25) is 0 Å². The fourth-order valence-electron chi connectivity index (χ4n) is 3.05. The second kappa shape index (κ2) is 7.88. The van der Waals surface area contributed by atoms with Crippen LogP contribution in [0.25, 0.3) is 0 Å². The van der Waals surface area contributed by atoms with E-state index in [-0.39, 0.29) is 12.1 Å². The molecule has 1 saturated heterocycles. The van der Waals surface area contributed by atoms with Gasteiger partial charge in [-0.15, -0.1) is 0 Å². The number of hydrogen-bond donors (Lipinski definition) is 1. The Bertz CT molecular complexity index is 700. The van der Waals surface area contributed by atoms with Crippen LogP contribution in [0.2, 0.25) is 0 Å². The minimum absolute atomic E-state index is 0.0241. The number of pyridine rings is 1. The molecule has 1 fully saturated rings. The lowest BCUT2D eigenvalue weighted by Gasteiger charge is -2.37. The molecule has 25 heavy (non-hydrogen) atoms. The van der Waals surface area contributed by atoms with Crippen LogP contribution in [0.5, 0.6) is 5.75 Å². The van der Waals surface area contributed by atoms with E-state index in [1.807, 2.05) is 42.2 Å². The highest BCUT2D eigenvalue weighted by atomic mass is 16.5. The monoisotopic (exact) mass is 340 g/mol. The Morgan fingerprint density at radius 1 is 1.12 bits per heavy atom. The SMILES string of the molecule is COc1ccccc1N1CCN(C(=O)N[C@H](C)c2ccncc2)CC1. The lowest BCUT2D eigenvalue weighted by molar-refractivity contribution is 0.191. The zero-order valence-electron chi connectivity index (χ0n) is 14.7. The number of carbonyl (C=O) groups excluding carboxylic acids is 1. The molecule has 2 amide bonds. The Morgan fingerprint density at radius 3 is 2.48 bits per heavy atom. The Morgan fingerprint density at radius 2 is 1.80 bits per heavy atom. The first kappa shape index (κ1) is 17.1. The number of nitrogens with one attached hydrogen (secondary N) is 1. The van der Waals surface area contributed by atoms with Gasteiger partial charge in [-0.25, -0.2) is 4.79 Å². The Kier molecular flexibility index (Phi) is 5.38. The number of aromatic nitrogens is 1. The summed E-state index contributed by atoms with van der Waals surface area (Å²) < 4.78 is 5.43. The molecule has 6 heteroatoms. The van der Waals surface area contributed by atoms with Crippen molar-refractivity contribution in [2.24, 2.45) is 0 Å². The highest BCUT2D eigenvalue weighted by Gasteiger charge is 2.23. The van der Waals surface area contributed by atoms with E-state index in [4.69, 9.17) is 4.74 Å². The largest absolute Gasteiger partial charge is 0.495 e. The summed E-state index contributed by atoms with van der Waals surface area (Å²) in [6.07, 6.45) is 3.48. The van der Waals surface area contributed by atoms with Crippen LogP contribution in [-0.2, 0) is 0 Å². The van der Waals surface area contributed by atoms with Crippen LogP contribution in [0.3, 0.4) is 0 Å². The van der Waals surface area contributed by atoms with Gasteiger partial charge in [0.1, 0.15) is 5.75 Å². The van der Waals surface area contributed by atoms with Crippen molar-refractivity contribution in [3.05, 3.63) is 54.4 Å². The number of hydrogen-bond acceptors (Lipinski definition) is 4. The second-order valence-corrected chi connectivity index (χ2v) is 6.10. The molecule has 0 spiro atoms. The van der Waals surface area contributed by atoms with Gasteiger partial charge in [0, 0.05) is 38.6 Å². The summed E-state index contributed by atoms with van der Waals surface area (Å²) in [5.74, 6) is 0.867. The number of urea groups is 1. The van der Waals surface area contributed by atoms with Gasteiger partial charge in [-0.3, -0.25) is 4.98 Å². The molecule has 1 aromatic heterocycles. The van der Waals surface area contributed by atoms with Crippen LogP contribution in [0, 0.1) is 0 Å². The van der Waals surface area contributed by atoms with Crippen molar-refractivity contribution in [2.75, 3.05) is 38.2 Å². The maximum atomic E-state index is 12.5. The van der Waals surface area contributed by atoms with Gasteiger partial charge >= 0.3 is 6.03 Å². The summed E-state index contributed by atoms with van der Waals surface area (Å²) in [5.41, 5.74) is 2.13. The number of benzene rings is 1. The first-order valence-corrected chi connectivity index (χ1v) is 8.52. The molecular weight excluding hydrogens is 316 g/mol. The predicted molar refractivity (Wildman–Crippen MR) is 98.0 cm³/mol. The fourth-order valence-corrected chi connectivity index (χ4v) is 3.05. The van der Waals surface area contributed by atoms with Crippen LogP contribution in [0.4, 0.5) is 10.5 Å².